The molecule has 0 N–H and O–H groups in total. The average Bonchev–Trinajstić information content (AvgIpc) is 3.25. The number of carbonyl (C=O) groups is 1. The minimum atomic E-state index is -0.444. The number of aryl methyl sites for hydroxylation is 2. The maximum absolute atomic E-state index is 13.8. The molecule has 0 atom stereocenters. The summed E-state index contributed by atoms with van der Waals surface area (Å²) in [5, 5.41) is 12.5. The molecule has 1 fully saturated rings. The van der Waals surface area contributed by atoms with Gasteiger partial charge >= 0.3 is 0 Å². The van der Waals surface area contributed by atoms with Gasteiger partial charge in [0, 0.05) is 22.2 Å². The quantitative estimate of drug-likeness (QED) is 0.106. The second-order valence-electron chi connectivity index (χ2n) is 9.54. The zero-order valence-electron chi connectivity index (χ0n) is 22.6. The van der Waals surface area contributed by atoms with E-state index in [1.165, 1.54) is 23.9 Å². The monoisotopic (exact) mass is 759 g/mol. The van der Waals surface area contributed by atoms with Gasteiger partial charge in [-0.2, -0.15) is 0 Å². The largest absolute Gasteiger partial charge is 0.487 e. The Morgan fingerprint density at radius 3 is 2.19 bits per heavy atom. The number of amidine groups is 1. The zero-order chi connectivity index (χ0) is 30.8. The number of nitro benzene ring substituents is 1. The van der Waals surface area contributed by atoms with Crippen LogP contribution in [0.4, 0.5) is 17.1 Å². The highest BCUT2D eigenvalue weighted by atomic mass is 79.9. The Morgan fingerprint density at radius 2 is 1.58 bits per heavy atom. The molecule has 0 saturated carbocycles. The van der Waals surface area contributed by atoms with Gasteiger partial charge < -0.3 is 4.74 Å². The van der Waals surface area contributed by atoms with Gasteiger partial charge in [-0.05, 0) is 134 Å². The molecule has 0 aromatic heterocycles. The Labute approximate surface area is 279 Å². The van der Waals surface area contributed by atoms with Gasteiger partial charge in [-0.15, -0.1) is 0 Å². The number of halogens is 4. The Kier molecular flexibility index (Phi) is 9.63. The maximum Gasteiger partial charge on any atom is 0.271 e. The van der Waals surface area contributed by atoms with E-state index in [2.05, 4.69) is 31.9 Å². The Bertz CT molecular complexity index is 1810. The molecule has 1 amide bonds. The molecular formula is C31H21Br2Cl2N3O4S. The minimum Gasteiger partial charge on any atom is -0.487 e. The van der Waals surface area contributed by atoms with E-state index in [4.69, 9.17) is 32.9 Å². The molecule has 0 radical (unpaired) electrons. The lowest BCUT2D eigenvalue weighted by atomic mass is 10.2. The molecule has 0 spiro atoms. The first-order valence-electron chi connectivity index (χ1n) is 12.7. The highest BCUT2D eigenvalue weighted by Crippen LogP contribution is 2.41. The number of ether oxygens (including phenoxy) is 1. The summed E-state index contributed by atoms with van der Waals surface area (Å²) < 4.78 is 7.32. The first-order valence-corrected chi connectivity index (χ1v) is 15.9. The van der Waals surface area contributed by atoms with E-state index < -0.39 is 4.92 Å². The van der Waals surface area contributed by atoms with Crippen LogP contribution in [-0.2, 0) is 11.4 Å². The fraction of sp³-hybridized carbons (Fsp3) is 0.0968. The SMILES string of the molecule is Cc1ccc(N=C2S/C(=C/c3cc(Br)c(OCc4ccc([N+](=O)[O-])cc4)c(Br)c3)C(=O)N2c2ccc(C)c(Cl)c2)cc1Cl. The summed E-state index contributed by atoms with van der Waals surface area (Å²) in [7, 11) is 0. The zero-order valence-corrected chi connectivity index (χ0v) is 28.1. The fourth-order valence-electron chi connectivity index (χ4n) is 4.08. The van der Waals surface area contributed by atoms with Gasteiger partial charge in [0.1, 0.15) is 12.4 Å². The Balaban J connectivity index is 1.44. The summed E-state index contributed by atoms with van der Waals surface area (Å²) in [6.45, 7) is 4.02. The molecule has 0 aliphatic carbocycles. The number of nitrogens with zero attached hydrogens (tertiary/aromatic N) is 3. The normalized spacial score (nSPS) is 15.0. The summed E-state index contributed by atoms with van der Waals surface area (Å²) in [6.07, 6.45) is 1.79. The van der Waals surface area contributed by atoms with Crippen LogP contribution in [0, 0.1) is 24.0 Å². The van der Waals surface area contributed by atoms with Crippen LogP contribution >= 0.6 is 66.8 Å². The summed E-state index contributed by atoms with van der Waals surface area (Å²) in [5.41, 5.74) is 4.60. The molecule has 0 bridgehead atoms. The van der Waals surface area contributed by atoms with Crippen molar-refractivity contribution in [1.82, 2.24) is 0 Å². The van der Waals surface area contributed by atoms with Gasteiger partial charge in [-0.25, -0.2) is 4.99 Å². The van der Waals surface area contributed by atoms with Gasteiger partial charge in [0.25, 0.3) is 11.6 Å². The third-order valence-electron chi connectivity index (χ3n) is 6.45. The molecule has 218 valence electrons. The highest BCUT2D eigenvalue weighted by Gasteiger charge is 2.35. The maximum atomic E-state index is 13.8. The number of benzene rings is 4. The first kappa shape index (κ1) is 31.3. The van der Waals surface area contributed by atoms with Crippen molar-refractivity contribution < 1.29 is 14.5 Å². The number of carbonyl (C=O) groups excluding carboxylic acids is 1. The number of aliphatic imine (C=N–C) groups is 1. The fourth-order valence-corrected chi connectivity index (χ4v) is 6.88. The smallest absolute Gasteiger partial charge is 0.271 e. The van der Waals surface area contributed by atoms with Crippen molar-refractivity contribution in [3.8, 4) is 5.75 Å². The van der Waals surface area contributed by atoms with Gasteiger partial charge in [0.2, 0.25) is 0 Å². The van der Waals surface area contributed by atoms with Crippen LogP contribution in [0.3, 0.4) is 0 Å². The molecule has 1 aliphatic heterocycles. The van der Waals surface area contributed by atoms with E-state index in [9.17, 15) is 14.9 Å². The number of hydrogen-bond donors (Lipinski definition) is 0. The van der Waals surface area contributed by atoms with E-state index >= 15 is 0 Å². The number of rotatable bonds is 7. The highest BCUT2D eigenvalue weighted by molar-refractivity contribution is 9.11. The van der Waals surface area contributed by atoms with Crippen LogP contribution in [0.15, 0.2) is 91.6 Å². The Morgan fingerprint density at radius 1 is 0.953 bits per heavy atom. The summed E-state index contributed by atoms with van der Waals surface area (Å²) >= 11 is 21.2. The molecule has 1 saturated heterocycles. The topological polar surface area (TPSA) is 85.0 Å². The number of thioether (sulfide) groups is 1. The number of anilines is 1. The third-order valence-corrected chi connectivity index (χ3v) is 9.41. The number of hydrogen-bond acceptors (Lipinski definition) is 6. The molecule has 7 nitrogen and oxygen atoms in total. The van der Waals surface area contributed by atoms with Crippen LogP contribution < -0.4 is 9.64 Å². The molecular weight excluding hydrogens is 741 g/mol. The van der Waals surface area contributed by atoms with Crippen molar-refractivity contribution in [3.05, 3.63) is 129 Å². The predicted molar refractivity (Wildman–Crippen MR) is 182 cm³/mol. The lowest BCUT2D eigenvalue weighted by molar-refractivity contribution is -0.384. The minimum absolute atomic E-state index is 0.0164. The molecule has 0 unspecified atom stereocenters. The van der Waals surface area contributed by atoms with Crippen molar-refractivity contribution in [1.29, 1.82) is 0 Å². The van der Waals surface area contributed by atoms with E-state index in [1.807, 2.05) is 50.2 Å². The second kappa shape index (κ2) is 13.2. The number of amides is 1. The van der Waals surface area contributed by atoms with Crippen molar-refractivity contribution in [2.75, 3.05) is 4.90 Å². The summed E-state index contributed by atoms with van der Waals surface area (Å²) in [5.74, 6) is 0.313. The molecule has 1 aliphatic rings. The van der Waals surface area contributed by atoms with Crippen LogP contribution in [-0.4, -0.2) is 16.0 Å². The van der Waals surface area contributed by atoms with Crippen molar-refractivity contribution in [2.45, 2.75) is 20.5 Å². The van der Waals surface area contributed by atoms with Gasteiger partial charge in [-0.1, -0.05) is 35.3 Å². The second-order valence-corrected chi connectivity index (χ2v) is 13.1. The van der Waals surface area contributed by atoms with Crippen LogP contribution in [0.25, 0.3) is 6.08 Å². The van der Waals surface area contributed by atoms with E-state index in [0.717, 1.165) is 22.3 Å². The van der Waals surface area contributed by atoms with Crippen molar-refractivity contribution >= 4 is 101 Å². The molecule has 43 heavy (non-hydrogen) atoms. The average molecular weight is 762 g/mol. The van der Waals surface area contributed by atoms with E-state index in [0.29, 0.717) is 46.2 Å². The van der Waals surface area contributed by atoms with Crippen LogP contribution in [0.1, 0.15) is 22.3 Å². The van der Waals surface area contributed by atoms with Gasteiger partial charge in [0.15, 0.2) is 5.17 Å². The lowest BCUT2D eigenvalue weighted by Gasteiger charge is -2.16. The van der Waals surface area contributed by atoms with Crippen molar-refractivity contribution in [2.24, 2.45) is 4.99 Å². The van der Waals surface area contributed by atoms with Gasteiger partial charge in [0.05, 0.1) is 30.1 Å². The molecule has 4 aromatic rings. The lowest BCUT2D eigenvalue weighted by Crippen LogP contribution is -2.28. The Hall–Kier alpha value is -3.15. The van der Waals surface area contributed by atoms with Crippen molar-refractivity contribution in [3.63, 3.8) is 0 Å². The standard InChI is InChI=1S/C31H21Br2Cl2N3O4S/c1-17-3-7-21(14-26(17)34)36-31-37(23-8-4-18(2)27(35)15-23)30(39)28(43-31)13-20-11-24(32)29(25(33)12-20)42-16-19-5-9-22(10-6-19)38(40)41/h3-15H,16H2,1-2H3/b28-13+,36-31?. The van der Waals surface area contributed by atoms with Gasteiger partial charge in [-0.3, -0.25) is 19.8 Å². The molecule has 5 rings (SSSR count). The molecule has 4 aromatic carbocycles. The summed E-state index contributed by atoms with van der Waals surface area (Å²) in [6, 6.07) is 20.8. The number of nitro groups is 1. The predicted octanol–water partition coefficient (Wildman–Crippen LogP) is 10.4. The molecule has 1 heterocycles. The third kappa shape index (κ3) is 7.16. The molecule has 12 heteroatoms. The van der Waals surface area contributed by atoms with Crippen LogP contribution in [0.5, 0.6) is 5.75 Å². The van der Waals surface area contributed by atoms with E-state index in [-0.39, 0.29) is 18.2 Å². The van der Waals surface area contributed by atoms with Crippen LogP contribution in [0.2, 0.25) is 10.0 Å². The van der Waals surface area contributed by atoms with E-state index in [1.54, 1.807) is 35.2 Å². The summed E-state index contributed by atoms with van der Waals surface area (Å²) in [4.78, 5) is 31.0. The number of non-ortho nitro benzene ring substituents is 1. The first-order chi connectivity index (χ1) is 20.5.